The Bertz CT molecular complexity index is 213. The predicted octanol–water partition coefficient (Wildman–Crippen LogP) is 2.38. The Hall–Kier alpha value is -0.0800. The molecule has 1 saturated carbocycles. The van der Waals surface area contributed by atoms with Gasteiger partial charge in [-0.2, -0.15) is 0 Å². The molecule has 2 N–H and O–H groups in total. The molecule has 0 bridgehead atoms. The minimum absolute atomic E-state index is 0.446. The molecule has 88 valence electrons. The van der Waals surface area contributed by atoms with E-state index in [-0.39, 0.29) is 0 Å². The number of likely N-dealkylation sites (tertiary alicyclic amines) is 1. The summed E-state index contributed by atoms with van der Waals surface area (Å²) in [6, 6.07) is 0.839. The van der Waals surface area contributed by atoms with Gasteiger partial charge >= 0.3 is 0 Å². The van der Waals surface area contributed by atoms with Gasteiger partial charge in [-0.25, -0.2) is 0 Å². The van der Waals surface area contributed by atoms with Crippen molar-refractivity contribution in [1.29, 1.82) is 0 Å². The van der Waals surface area contributed by atoms with E-state index in [9.17, 15) is 0 Å². The molecule has 0 amide bonds. The molecular formula is C13H26N2. The smallest absolute Gasteiger partial charge is 0.0156 e. The third-order valence-corrected chi connectivity index (χ3v) is 4.52. The molecule has 0 aromatic rings. The van der Waals surface area contributed by atoms with Gasteiger partial charge in [-0.05, 0) is 65.0 Å². The fourth-order valence-corrected chi connectivity index (χ4v) is 3.72. The molecule has 0 spiro atoms. The molecule has 2 fully saturated rings. The maximum Gasteiger partial charge on any atom is 0.0156 e. The Morgan fingerprint density at radius 2 is 2.07 bits per heavy atom. The Morgan fingerprint density at radius 1 is 1.27 bits per heavy atom. The molecule has 2 nitrogen and oxygen atoms in total. The number of hydrogen-bond acceptors (Lipinski definition) is 2. The van der Waals surface area contributed by atoms with Crippen molar-refractivity contribution in [2.24, 2.45) is 11.7 Å². The van der Waals surface area contributed by atoms with E-state index >= 15 is 0 Å². The molecule has 1 heterocycles. The zero-order valence-corrected chi connectivity index (χ0v) is 10.3. The molecule has 2 unspecified atom stereocenters. The molecule has 15 heavy (non-hydrogen) atoms. The lowest BCUT2D eigenvalue weighted by atomic mass is 9.94. The van der Waals surface area contributed by atoms with Crippen molar-refractivity contribution >= 4 is 0 Å². The van der Waals surface area contributed by atoms with Gasteiger partial charge < -0.3 is 5.73 Å². The van der Waals surface area contributed by atoms with Crippen LogP contribution in [0.1, 0.15) is 52.4 Å². The van der Waals surface area contributed by atoms with Gasteiger partial charge in [0.25, 0.3) is 0 Å². The monoisotopic (exact) mass is 210 g/mol. The maximum atomic E-state index is 5.72. The van der Waals surface area contributed by atoms with Crippen LogP contribution in [-0.4, -0.2) is 29.6 Å². The average Bonchev–Trinajstić information content (AvgIpc) is 2.72. The minimum atomic E-state index is 0.446. The van der Waals surface area contributed by atoms with Crippen molar-refractivity contribution in [1.82, 2.24) is 4.90 Å². The van der Waals surface area contributed by atoms with Gasteiger partial charge in [0.15, 0.2) is 0 Å². The third-order valence-electron chi connectivity index (χ3n) is 4.52. The van der Waals surface area contributed by atoms with Crippen molar-refractivity contribution < 1.29 is 0 Å². The molecule has 1 aliphatic carbocycles. The van der Waals surface area contributed by atoms with Crippen LogP contribution < -0.4 is 5.73 Å². The largest absolute Gasteiger partial charge is 0.330 e. The molecule has 0 aromatic carbocycles. The molecule has 2 aliphatic rings. The first-order valence-electron chi connectivity index (χ1n) is 6.62. The van der Waals surface area contributed by atoms with Crippen LogP contribution in [0.3, 0.4) is 0 Å². The predicted molar refractivity (Wildman–Crippen MR) is 64.8 cm³/mol. The minimum Gasteiger partial charge on any atom is -0.330 e. The van der Waals surface area contributed by atoms with Crippen molar-refractivity contribution in [3.8, 4) is 0 Å². The van der Waals surface area contributed by atoms with Gasteiger partial charge in [-0.15, -0.1) is 0 Å². The zero-order chi connectivity index (χ0) is 10.9. The van der Waals surface area contributed by atoms with Gasteiger partial charge in [0.05, 0.1) is 0 Å². The molecule has 2 atom stereocenters. The van der Waals surface area contributed by atoms with E-state index in [1.165, 1.54) is 45.1 Å². The molecule has 0 aromatic heterocycles. The van der Waals surface area contributed by atoms with E-state index in [0.29, 0.717) is 5.54 Å². The van der Waals surface area contributed by atoms with E-state index in [2.05, 4.69) is 18.7 Å². The highest BCUT2D eigenvalue weighted by Crippen LogP contribution is 2.39. The Kier molecular flexibility index (Phi) is 3.36. The molecule has 2 heteroatoms. The van der Waals surface area contributed by atoms with Crippen LogP contribution in [0.2, 0.25) is 0 Å². The molecule has 0 radical (unpaired) electrons. The van der Waals surface area contributed by atoms with Crippen molar-refractivity contribution in [3.05, 3.63) is 0 Å². The van der Waals surface area contributed by atoms with Crippen LogP contribution in [0.5, 0.6) is 0 Å². The lowest BCUT2D eigenvalue weighted by molar-refractivity contribution is 0.0885. The van der Waals surface area contributed by atoms with Gasteiger partial charge in [0.2, 0.25) is 0 Å². The second-order valence-electron chi connectivity index (χ2n) is 5.95. The normalized spacial score (nSPS) is 36.2. The SMILES string of the molecule is CC1(C)CCCN1C1CCCC1CCN. The van der Waals surface area contributed by atoms with Gasteiger partial charge in [0, 0.05) is 11.6 Å². The van der Waals surface area contributed by atoms with Crippen LogP contribution in [-0.2, 0) is 0 Å². The van der Waals surface area contributed by atoms with Crippen LogP contribution in [0, 0.1) is 5.92 Å². The van der Waals surface area contributed by atoms with E-state index in [1.807, 2.05) is 0 Å². The summed E-state index contributed by atoms with van der Waals surface area (Å²) in [7, 11) is 0. The number of hydrogen-bond donors (Lipinski definition) is 1. The number of nitrogens with two attached hydrogens (primary N) is 1. The first-order valence-corrected chi connectivity index (χ1v) is 6.62. The van der Waals surface area contributed by atoms with Crippen molar-refractivity contribution in [2.45, 2.75) is 64.0 Å². The van der Waals surface area contributed by atoms with Crippen LogP contribution >= 0.6 is 0 Å². The fourth-order valence-electron chi connectivity index (χ4n) is 3.72. The topological polar surface area (TPSA) is 29.3 Å². The Labute approximate surface area is 94.2 Å². The molecule has 1 aliphatic heterocycles. The Morgan fingerprint density at radius 3 is 2.67 bits per heavy atom. The van der Waals surface area contributed by atoms with Crippen LogP contribution in [0.15, 0.2) is 0 Å². The Balaban J connectivity index is 2.02. The summed E-state index contributed by atoms with van der Waals surface area (Å²) in [5.41, 5.74) is 6.16. The molecule has 1 saturated heterocycles. The quantitative estimate of drug-likeness (QED) is 0.775. The third kappa shape index (κ3) is 2.21. The summed E-state index contributed by atoms with van der Waals surface area (Å²) in [5.74, 6) is 0.882. The number of nitrogens with zero attached hydrogens (tertiary/aromatic N) is 1. The van der Waals surface area contributed by atoms with E-state index in [0.717, 1.165) is 18.5 Å². The summed E-state index contributed by atoms with van der Waals surface area (Å²) in [6.07, 6.45) is 8.24. The molecular weight excluding hydrogens is 184 g/mol. The van der Waals surface area contributed by atoms with E-state index < -0.39 is 0 Å². The van der Waals surface area contributed by atoms with Gasteiger partial charge in [-0.1, -0.05) is 6.42 Å². The highest BCUT2D eigenvalue weighted by molar-refractivity contribution is 4.96. The van der Waals surface area contributed by atoms with E-state index in [4.69, 9.17) is 5.73 Å². The van der Waals surface area contributed by atoms with E-state index in [1.54, 1.807) is 0 Å². The van der Waals surface area contributed by atoms with Gasteiger partial charge in [-0.3, -0.25) is 4.90 Å². The summed E-state index contributed by atoms with van der Waals surface area (Å²) < 4.78 is 0. The first kappa shape index (κ1) is 11.4. The highest BCUT2D eigenvalue weighted by Gasteiger charge is 2.41. The maximum absolute atomic E-state index is 5.72. The summed E-state index contributed by atoms with van der Waals surface area (Å²) in [4.78, 5) is 2.78. The van der Waals surface area contributed by atoms with Crippen molar-refractivity contribution in [3.63, 3.8) is 0 Å². The average molecular weight is 210 g/mol. The first-order chi connectivity index (χ1) is 7.15. The summed E-state index contributed by atoms with van der Waals surface area (Å²) in [5, 5.41) is 0. The second-order valence-corrected chi connectivity index (χ2v) is 5.95. The second kappa shape index (κ2) is 4.42. The zero-order valence-electron chi connectivity index (χ0n) is 10.3. The highest BCUT2D eigenvalue weighted by atomic mass is 15.2. The van der Waals surface area contributed by atoms with Gasteiger partial charge in [0.1, 0.15) is 0 Å². The summed E-state index contributed by atoms with van der Waals surface area (Å²) in [6.45, 7) is 7.02. The lowest BCUT2D eigenvalue weighted by Gasteiger charge is -2.39. The van der Waals surface area contributed by atoms with Crippen LogP contribution in [0.4, 0.5) is 0 Å². The fraction of sp³-hybridized carbons (Fsp3) is 1.00. The molecule has 2 rings (SSSR count). The standard InChI is InChI=1S/C13H26N2/c1-13(2)8-4-10-15(13)12-6-3-5-11(12)7-9-14/h11-12H,3-10,14H2,1-2H3. The summed E-state index contributed by atoms with van der Waals surface area (Å²) >= 11 is 0. The van der Waals surface area contributed by atoms with Crippen LogP contribution in [0.25, 0.3) is 0 Å². The lowest BCUT2D eigenvalue weighted by Crippen LogP contribution is -2.47. The van der Waals surface area contributed by atoms with Crippen molar-refractivity contribution in [2.75, 3.05) is 13.1 Å². The number of rotatable bonds is 3.